The lowest BCUT2D eigenvalue weighted by atomic mass is 10.3. The van der Waals surface area contributed by atoms with E-state index in [1.807, 2.05) is 0 Å². The van der Waals surface area contributed by atoms with E-state index in [4.69, 9.17) is 0 Å². The highest BCUT2D eigenvalue weighted by molar-refractivity contribution is 5.75. The van der Waals surface area contributed by atoms with Gasteiger partial charge in [-0.3, -0.25) is 4.79 Å². The first kappa shape index (κ1) is 6.92. The Bertz CT molecular complexity index is 205. The molecule has 0 N–H and O–H groups in total. The van der Waals surface area contributed by atoms with Gasteiger partial charge in [-0.05, 0) is 6.92 Å². The molecule has 0 aromatic carbocycles. The molecule has 1 aromatic rings. The zero-order chi connectivity index (χ0) is 7.40. The van der Waals surface area contributed by atoms with E-state index in [0.29, 0.717) is 13.0 Å². The highest BCUT2D eigenvalue weighted by atomic mass is 16.1. The Morgan fingerprint density at radius 1 is 1.50 bits per heavy atom. The van der Waals surface area contributed by atoms with E-state index < -0.39 is 0 Å². The van der Waals surface area contributed by atoms with Crippen LogP contribution in [0.4, 0.5) is 0 Å². The summed E-state index contributed by atoms with van der Waals surface area (Å²) in [6, 6.07) is 0. The van der Waals surface area contributed by atoms with Crippen molar-refractivity contribution in [1.82, 2.24) is 14.8 Å². The molecule has 1 aromatic heterocycles. The standard InChI is InChI=1S/C6H9N3O/c1-6(10)2-3-9-4-7-8-5-9/h4-5H,2-3H2,1H3. The fourth-order valence-electron chi connectivity index (χ4n) is 0.624. The zero-order valence-electron chi connectivity index (χ0n) is 5.82. The van der Waals surface area contributed by atoms with E-state index in [9.17, 15) is 4.79 Å². The summed E-state index contributed by atoms with van der Waals surface area (Å²) in [6.07, 6.45) is 3.75. The van der Waals surface area contributed by atoms with Gasteiger partial charge in [-0.15, -0.1) is 10.2 Å². The van der Waals surface area contributed by atoms with Gasteiger partial charge in [0.1, 0.15) is 18.4 Å². The predicted molar refractivity (Wildman–Crippen MR) is 35.3 cm³/mol. The minimum Gasteiger partial charge on any atom is -0.320 e. The van der Waals surface area contributed by atoms with Crippen molar-refractivity contribution in [3.05, 3.63) is 12.7 Å². The van der Waals surface area contributed by atoms with Crippen molar-refractivity contribution < 1.29 is 4.79 Å². The third-order valence-corrected chi connectivity index (χ3v) is 1.19. The molecule has 0 aliphatic heterocycles. The van der Waals surface area contributed by atoms with Crippen molar-refractivity contribution in [2.75, 3.05) is 0 Å². The summed E-state index contributed by atoms with van der Waals surface area (Å²) in [7, 11) is 0. The summed E-state index contributed by atoms with van der Waals surface area (Å²) in [5.41, 5.74) is 0. The summed E-state index contributed by atoms with van der Waals surface area (Å²) < 4.78 is 1.78. The number of rotatable bonds is 3. The topological polar surface area (TPSA) is 47.8 Å². The van der Waals surface area contributed by atoms with Gasteiger partial charge < -0.3 is 4.57 Å². The molecular weight excluding hydrogens is 130 g/mol. The van der Waals surface area contributed by atoms with Crippen molar-refractivity contribution in [1.29, 1.82) is 0 Å². The van der Waals surface area contributed by atoms with Crippen LogP contribution in [-0.2, 0) is 11.3 Å². The third-order valence-electron chi connectivity index (χ3n) is 1.19. The number of Topliss-reactive ketones (excluding diaryl/α,β-unsaturated/α-hetero) is 1. The first-order chi connectivity index (χ1) is 4.79. The van der Waals surface area contributed by atoms with Gasteiger partial charge in [0.05, 0.1) is 0 Å². The van der Waals surface area contributed by atoms with Gasteiger partial charge in [0.25, 0.3) is 0 Å². The fourth-order valence-corrected chi connectivity index (χ4v) is 0.624. The van der Waals surface area contributed by atoms with Crippen LogP contribution in [0.1, 0.15) is 13.3 Å². The van der Waals surface area contributed by atoms with E-state index >= 15 is 0 Å². The van der Waals surface area contributed by atoms with Gasteiger partial charge in [0.15, 0.2) is 0 Å². The Kier molecular flexibility index (Phi) is 2.15. The highest BCUT2D eigenvalue weighted by Gasteiger charge is 1.93. The van der Waals surface area contributed by atoms with E-state index in [0.717, 1.165) is 0 Å². The van der Waals surface area contributed by atoms with Crippen molar-refractivity contribution in [3.63, 3.8) is 0 Å². The van der Waals surface area contributed by atoms with Gasteiger partial charge in [-0.1, -0.05) is 0 Å². The Hall–Kier alpha value is -1.19. The number of hydrogen-bond donors (Lipinski definition) is 0. The average Bonchev–Trinajstić information content (AvgIpc) is 2.34. The fraction of sp³-hybridized carbons (Fsp3) is 0.500. The van der Waals surface area contributed by atoms with Crippen LogP contribution in [0.15, 0.2) is 12.7 Å². The number of ketones is 1. The quantitative estimate of drug-likeness (QED) is 0.603. The number of aryl methyl sites for hydroxylation is 1. The van der Waals surface area contributed by atoms with E-state index in [1.165, 1.54) is 0 Å². The molecule has 0 radical (unpaired) electrons. The van der Waals surface area contributed by atoms with Crippen LogP contribution >= 0.6 is 0 Å². The second-order valence-corrected chi connectivity index (χ2v) is 2.15. The van der Waals surface area contributed by atoms with Gasteiger partial charge in [-0.2, -0.15) is 0 Å². The second kappa shape index (κ2) is 3.10. The molecule has 0 saturated heterocycles. The molecule has 10 heavy (non-hydrogen) atoms. The normalized spacial score (nSPS) is 9.70. The van der Waals surface area contributed by atoms with E-state index in [2.05, 4.69) is 10.2 Å². The number of hydrogen-bond acceptors (Lipinski definition) is 3. The Labute approximate surface area is 58.9 Å². The summed E-state index contributed by atoms with van der Waals surface area (Å²) in [5.74, 6) is 0.189. The smallest absolute Gasteiger partial charge is 0.131 e. The third kappa shape index (κ3) is 1.97. The lowest BCUT2D eigenvalue weighted by Gasteiger charge is -1.94. The minimum absolute atomic E-state index is 0.189. The lowest BCUT2D eigenvalue weighted by molar-refractivity contribution is -0.117. The number of aromatic nitrogens is 3. The van der Waals surface area contributed by atoms with Crippen molar-refractivity contribution in [2.24, 2.45) is 0 Å². The van der Waals surface area contributed by atoms with Crippen LogP contribution in [0.5, 0.6) is 0 Å². The van der Waals surface area contributed by atoms with Crippen LogP contribution in [0.2, 0.25) is 0 Å². The average molecular weight is 139 g/mol. The maximum Gasteiger partial charge on any atom is 0.131 e. The first-order valence-corrected chi connectivity index (χ1v) is 3.11. The van der Waals surface area contributed by atoms with Crippen molar-refractivity contribution >= 4 is 5.78 Å². The van der Waals surface area contributed by atoms with Crippen LogP contribution in [-0.4, -0.2) is 20.5 Å². The van der Waals surface area contributed by atoms with Gasteiger partial charge in [0, 0.05) is 13.0 Å². The molecule has 4 nitrogen and oxygen atoms in total. The maximum absolute atomic E-state index is 10.5. The Morgan fingerprint density at radius 2 is 2.10 bits per heavy atom. The number of carbonyl (C=O) groups excluding carboxylic acids is 1. The minimum atomic E-state index is 0.189. The van der Waals surface area contributed by atoms with Crippen LogP contribution in [0.3, 0.4) is 0 Å². The Balaban J connectivity index is 2.35. The molecule has 54 valence electrons. The predicted octanol–water partition coefficient (Wildman–Crippen LogP) is 0.257. The Morgan fingerprint density at radius 3 is 2.60 bits per heavy atom. The highest BCUT2D eigenvalue weighted by Crippen LogP contribution is 1.88. The van der Waals surface area contributed by atoms with E-state index in [1.54, 1.807) is 24.1 Å². The second-order valence-electron chi connectivity index (χ2n) is 2.15. The van der Waals surface area contributed by atoms with Crippen molar-refractivity contribution in [3.8, 4) is 0 Å². The summed E-state index contributed by atoms with van der Waals surface area (Å²) in [6.45, 7) is 2.26. The molecule has 0 aliphatic carbocycles. The van der Waals surface area contributed by atoms with Crippen LogP contribution in [0.25, 0.3) is 0 Å². The largest absolute Gasteiger partial charge is 0.320 e. The van der Waals surface area contributed by atoms with Gasteiger partial charge in [-0.25, -0.2) is 0 Å². The number of carbonyl (C=O) groups is 1. The molecule has 0 atom stereocenters. The summed E-state index contributed by atoms with van der Waals surface area (Å²) in [5, 5.41) is 7.20. The maximum atomic E-state index is 10.5. The molecular formula is C6H9N3O. The van der Waals surface area contributed by atoms with Gasteiger partial charge >= 0.3 is 0 Å². The molecule has 0 saturated carbocycles. The van der Waals surface area contributed by atoms with Crippen LogP contribution < -0.4 is 0 Å². The van der Waals surface area contributed by atoms with Gasteiger partial charge in [0.2, 0.25) is 0 Å². The molecule has 0 fully saturated rings. The summed E-state index contributed by atoms with van der Waals surface area (Å²) >= 11 is 0. The molecule has 1 heterocycles. The molecule has 0 bridgehead atoms. The van der Waals surface area contributed by atoms with Crippen molar-refractivity contribution in [2.45, 2.75) is 19.9 Å². The van der Waals surface area contributed by atoms with Crippen LogP contribution in [0, 0.1) is 0 Å². The first-order valence-electron chi connectivity index (χ1n) is 3.11. The lowest BCUT2D eigenvalue weighted by Crippen LogP contribution is -1.99. The SMILES string of the molecule is CC(=O)CCn1cnnc1. The summed E-state index contributed by atoms with van der Waals surface area (Å²) in [4.78, 5) is 10.5. The zero-order valence-corrected chi connectivity index (χ0v) is 5.82. The van der Waals surface area contributed by atoms with E-state index in [-0.39, 0.29) is 5.78 Å². The molecule has 0 unspecified atom stereocenters. The molecule has 0 amide bonds. The molecule has 4 heteroatoms. The number of nitrogens with zero attached hydrogens (tertiary/aromatic N) is 3. The monoisotopic (exact) mass is 139 g/mol. The molecule has 0 aliphatic rings. The molecule has 0 spiro atoms. The molecule has 1 rings (SSSR count).